The molecule has 1 fully saturated rings. The van der Waals surface area contributed by atoms with Gasteiger partial charge < -0.3 is 10.1 Å². The number of halogens is 2. The van der Waals surface area contributed by atoms with Crippen LogP contribution in [0.3, 0.4) is 0 Å². The molecule has 0 radical (unpaired) electrons. The van der Waals surface area contributed by atoms with E-state index in [2.05, 4.69) is 14.9 Å². The van der Waals surface area contributed by atoms with Crippen LogP contribution < -0.4 is 14.8 Å². The van der Waals surface area contributed by atoms with E-state index in [0.29, 0.717) is 6.54 Å². The molecule has 168 valence electrons. The molecular weight excluding hydrogens is 445 g/mol. The van der Waals surface area contributed by atoms with Gasteiger partial charge in [-0.15, -0.1) is 0 Å². The highest BCUT2D eigenvalue weighted by atomic mass is 35.5. The van der Waals surface area contributed by atoms with E-state index < -0.39 is 15.9 Å². The predicted molar refractivity (Wildman–Crippen MR) is 116 cm³/mol. The maximum atomic E-state index is 13.9. The zero-order valence-electron chi connectivity index (χ0n) is 17.3. The number of sulfonamides is 1. The Balaban J connectivity index is 1.58. The maximum Gasteiger partial charge on any atom is 0.253 e. The Morgan fingerprint density at radius 2 is 1.94 bits per heavy atom. The van der Waals surface area contributed by atoms with Crippen molar-refractivity contribution in [3.05, 3.63) is 58.4 Å². The number of piperidine rings is 1. The van der Waals surface area contributed by atoms with E-state index in [1.807, 2.05) is 6.07 Å². The fourth-order valence-electron chi connectivity index (χ4n) is 3.53. The van der Waals surface area contributed by atoms with Crippen molar-refractivity contribution in [2.24, 2.45) is 0 Å². The van der Waals surface area contributed by atoms with Crippen LogP contribution in [-0.4, -0.2) is 52.5 Å². The minimum absolute atomic E-state index is 0.0221. The summed E-state index contributed by atoms with van der Waals surface area (Å²) in [4.78, 5) is 14.9. The molecule has 1 amide bonds. The Bertz CT molecular complexity index is 1060. The van der Waals surface area contributed by atoms with Crippen molar-refractivity contribution in [2.75, 3.05) is 27.2 Å². The first-order valence-electron chi connectivity index (χ1n) is 9.82. The first-order chi connectivity index (χ1) is 14.7. The van der Waals surface area contributed by atoms with E-state index in [1.54, 1.807) is 6.07 Å². The average molecular weight is 470 g/mol. The summed E-state index contributed by atoms with van der Waals surface area (Å²) in [5.74, 6) is -0.578. The molecule has 0 atom stereocenters. The minimum Gasteiger partial charge on any atom is -0.494 e. The number of amides is 1. The number of benzene rings is 2. The Morgan fingerprint density at radius 1 is 1.23 bits per heavy atom. The van der Waals surface area contributed by atoms with Crippen LogP contribution in [0.25, 0.3) is 0 Å². The summed E-state index contributed by atoms with van der Waals surface area (Å²) in [6, 6.07) is 8.89. The van der Waals surface area contributed by atoms with Gasteiger partial charge >= 0.3 is 0 Å². The highest BCUT2D eigenvalue weighted by Crippen LogP contribution is 2.23. The Morgan fingerprint density at radius 3 is 2.55 bits per heavy atom. The van der Waals surface area contributed by atoms with Crippen LogP contribution in [0.4, 0.5) is 4.39 Å². The van der Waals surface area contributed by atoms with Gasteiger partial charge in [-0.25, -0.2) is 17.5 Å². The molecule has 3 rings (SSSR count). The minimum atomic E-state index is -3.68. The molecule has 0 aromatic heterocycles. The summed E-state index contributed by atoms with van der Waals surface area (Å²) in [5, 5.41) is 3.13. The fourth-order valence-corrected chi connectivity index (χ4v) is 4.49. The lowest BCUT2D eigenvalue weighted by Crippen LogP contribution is -2.44. The normalized spacial score (nSPS) is 15.6. The van der Waals surface area contributed by atoms with Crippen LogP contribution >= 0.6 is 11.6 Å². The third kappa shape index (κ3) is 5.74. The highest BCUT2D eigenvalue weighted by molar-refractivity contribution is 7.89. The lowest BCUT2D eigenvalue weighted by atomic mass is 10.0. The largest absolute Gasteiger partial charge is 0.494 e. The first kappa shape index (κ1) is 23.5. The second kappa shape index (κ2) is 9.95. The zero-order valence-corrected chi connectivity index (χ0v) is 18.9. The van der Waals surface area contributed by atoms with Gasteiger partial charge in [0.25, 0.3) is 5.91 Å². The Labute approximate surface area is 186 Å². The molecule has 1 aliphatic rings. The van der Waals surface area contributed by atoms with Crippen LogP contribution in [0.5, 0.6) is 5.75 Å². The number of ether oxygens (including phenoxy) is 1. The van der Waals surface area contributed by atoms with Crippen molar-refractivity contribution < 1.29 is 22.3 Å². The number of nitrogens with one attached hydrogen (secondary N) is 2. The van der Waals surface area contributed by atoms with Crippen LogP contribution in [0, 0.1) is 5.82 Å². The standard InChI is InChI=1S/C21H25ClFN3O4S/c1-24-31(28,29)16-4-5-18(22)17(12-16)21(27)25-15-7-9-26(10-8-15)13-14-3-6-20(30-2)19(23)11-14/h3-6,11-12,15,24H,7-10,13H2,1-2H3,(H,25,27). The molecule has 0 saturated carbocycles. The number of methoxy groups -OCH3 is 1. The van der Waals surface area contributed by atoms with E-state index in [9.17, 15) is 17.6 Å². The number of nitrogens with zero attached hydrogens (tertiary/aromatic N) is 1. The van der Waals surface area contributed by atoms with Gasteiger partial charge in [0, 0.05) is 25.7 Å². The highest BCUT2D eigenvalue weighted by Gasteiger charge is 2.23. The second-order valence-corrected chi connectivity index (χ2v) is 9.64. The lowest BCUT2D eigenvalue weighted by molar-refractivity contribution is 0.0909. The molecule has 2 aromatic rings. The molecule has 1 saturated heterocycles. The van der Waals surface area contributed by atoms with Gasteiger partial charge in [-0.1, -0.05) is 17.7 Å². The molecule has 0 unspecified atom stereocenters. The molecule has 31 heavy (non-hydrogen) atoms. The van der Waals surface area contributed by atoms with E-state index in [4.69, 9.17) is 16.3 Å². The molecule has 2 N–H and O–H groups in total. The van der Waals surface area contributed by atoms with Gasteiger partial charge in [-0.05, 0) is 55.8 Å². The topological polar surface area (TPSA) is 87.7 Å². The SMILES string of the molecule is CNS(=O)(=O)c1ccc(Cl)c(C(=O)NC2CCN(Cc3ccc(OC)c(F)c3)CC2)c1. The fraction of sp³-hybridized carbons (Fsp3) is 0.381. The lowest BCUT2D eigenvalue weighted by Gasteiger charge is -2.32. The Kier molecular flexibility index (Phi) is 7.53. The van der Waals surface area contributed by atoms with Crippen molar-refractivity contribution in [2.45, 2.75) is 30.3 Å². The molecule has 1 aliphatic heterocycles. The van der Waals surface area contributed by atoms with E-state index in [0.717, 1.165) is 31.5 Å². The average Bonchev–Trinajstić information content (AvgIpc) is 2.75. The summed E-state index contributed by atoms with van der Waals surface area (Å²) in [6.45, 7) is 2.08. The van der Waals surface area contributed by atoms with E-state index in [-0.39, 0.29) is 33.1 Å². The van der Waals surface area contributed by atoms with Crippen molar-refractivity contribution in [1.82, 2.24) is 14.9 Å². The van der Waals surface area contributed by atoms with Crippen molar-refractivity contribution in [1.29, 1.82) is 0 Å². The van der Waals surface area contributed by atoms with Crippen molar-refractivity contribution in [3.8, 4) is 5.75 Å². The molecule has 0 bridgehead atoms. The molecule has 7 nitrogen and oxygen atoms in total. The first-order valence-corrected chi connectivity index (χ1v) is 11.7. The third-order valence-corrected chi connectivity index (χ3v) is 7.05. The quantitative estimate of drug-likeness (QED) is 0.651. The van der Waals surface area contributed by atoms with Gasteiger partial charge in [0.2, 0.25) is 10.0 Å². The number of carbonyl (C=O) groups excluding carboxylic acids is 1. The number of hydrogen-bond acceptors (Lipinski definition) is 5. The summed E-state index contributed by atoms with van der Waals surface area (Å²) in [6.07, 6.45) is 1.44. The summed E-state index contributed by atoms with van der Waals surface area (Å²) in [7, 11) is -0.944. The maximum absolute atomic E-state index is 13.9. The zero-order chi connectivity index (χ0) is 22.6. The number of rotatable bonds is 7. The van der Waals surface area contributed by atoms with Crippen LogP contribution in [-0.2, 0) is 16.6 Å². The van der Waals surface area contributed by atoms with Gasteiger partial charge in [-0.3, -0.25) is 9.69 Å². The molecule has 10 heteroatoms. The number of likely N-dealkylation sites (tertiary alicyclic amines) is 1. The van der Waals surface area contributed by atoms with Crippen LogP contribution in [0.15, 0.2) is 41.3 Å². The molecule has 0 aliphatic carbocycles. The van der Waals surface area contributed by atoms with Crippen molar-refractivity contribution in [3.63, 3.8) is 0 Å². The summed E-state index contributed by atoms with van der Waals surface area (Å²) >= 11 is 6.13. The molecule has 2 aromatic carbocycles. The molecular formula is C21H25ClFN3O4S. The molecule has 1 heterocycles. The number of carbonyl (C=O) groups is 1. The summed E-state index contributed by atoms with van der Waals surface area (Å²) < 4.78 is 45.0. The number of hydrogen-bond donors (Lipinski definition) is 2. The monoisotopic (exact) mass is 469 g/mol. The van der Waals surface area contributed by atoms with E-state index in [1.165, 1.54) is 38.4 Å². The van der Waals surface area contributed by atoms with Crippen LogP contribution in [0.1, 0.15) is 28.8 Å². The van der Waals surface area contributed by atoms with E-state index >= 15 is 0 Å². The predicted octanol–water partition coefficient (Wildman–Crippen LogP) is 2.79. The Hall–Kier alpha value is -2.20. The van der Waals surface area contributed by atoms with Crippen molar-refractivity contribution >= 4 is 27.5 Å². The van der Waals surface area contributed by atoms with Gasteiger partial charge in [0.1, 0.15) is 0 Å². The van der Waals surface area contributed by atoms with Crippen LogP contribution in [0.2, 0.25) is 5.02 Å². The summed E-state index contributed by atoms with van der Waals surface area (Å²) in [5.41, 5.74) is 0.976. The second-order valence-electron chi connectivity index (χ2n) is 7.34. The van der Waals surface area contributed by atoms with Gasteiger partial charge in [0.05, 0.1) is 22.6 Å². The smallest absolute Gasteiger partial charge is 0.253 e. The third-order valence-electron chi connectivity index (χ3n) is 5.31. The van der Waals surface area contributed by atoms with Gasteiger partial charge in [0.15, 0.2) is 11.6 Å². The van der Waals surface area contributed by atoms with Gasteiger partial charge in [-0.2, -0.15) is 0 Å². The molecule has 0 spiro atoms.